The van der Waals surface area contributed by atoms with E-state index in [1.165, 1.54) is 122 Å². The highest BCUT2D eigenvalue weighted by molar-refractivity contribution is 5.71. The van der Waals surface area contributed by atoms with E-state index in [1.807, 2.05) is 0 Å². The predicted octanol–water partition coefficient (Wildman–Crippen LogP) is 19.5. The van der Waals surface area contributed by atoms with Crippen LogP contribution in [0.2, 0.25) is 0 Å². The van der Waals surface area contributed by atoms with Crippen molar-refractivity contribution in [3.63, 3.8) is 0 Å². The highest BCUT2D eigenvalue weighted by atomic mass is 16.6. The minimum Gasteiger partial charge on any atom is -0.462 e. The van der Waals surface area contributed by atoms with Gasteiger partial charge in [0, 0.05) is 19.3 Å². The van der Waals surface area contributed by atoms with Crippen LogP contribution in [0.4, 0.5) is 0 Å². The second-order valence-corrected chi connectivity index (χ2v) is 19.2. The Morgan fingerprint density at radius 1 is 0.304 bits per heavy atom. The van der Waals surface area contributed by atoms with E-state index in [1.54, 1.807) is 0 Å². The highest BCUT2D eigenvalue weighted by Gasteiger charge is 2.19. The van der Waals surface area contributed by atoms with Crippen LogP contribution < -0.4 is 0 Å². The summed E-state index contributed by atoms with van der Waals surface area (Å²) in [5, 5.41) is 0. The van der Waals surface area contributed by atoms with Crippen LogP contribution in [-0.2, 0) is 28.6 Å². The molecule has 0 aliphatic rings. The summed E-state index contributed by atoms with van der Waals surface area (Å²) in [6.07, 6.45) is 74.8. The van der Waals surface area contributed by atoms with Crippen molar-refractivity contribution in [2.45, 2.75) is 284 Å². The van der Waals surface area contributed by atoms with Crippen molar-refractivity contribution in [3.8, 4) is 0 Å². The first-order valence-corrected chi connectivity index (χ1v) is 29.1. The smallest absolute Gasteiger partial charge is 0.306 e. The van der Waals surface area contributed by atoms with Crippen molar-refractivity contribution in [2.75, 3.05) is 13.2 Å². The average Bonchev–Trinajstić information content (AvgIpc) is 3.35. The summed E-state index contributed by atoms with van der Waals surface area (Å²) >= 11 is 0. The summed E-state index contributed by atoms with van der Waals surface area (Å²) in [6.45, 7) is 6.44. The summed E-state index contributed by atoms with van der Waals surface area (Å²) in [5.74, 6) is -0.908. The van der Waals surface area contributed by atoms with Gasteiger partial charge in [0.05, 0.1) is 0 Å². The molecule has 0 N–H and O–H groups in total. The third-order valence-corrected chi connectivity index (χ3v) is 12.4. The van der Waals surface area contributed by atoms with E-state index >= 15 is 0 Å². The van der Waals surface area contributed by atoms with Gasteiger partial charge in [-0.15, -0.1) is 0 Å². The molecule has 0 amide bonds. The molecule has 0 aromatic rings. The van der Waals surface area contributed by atoms with Crippen molar-refractivity contribution >= 4 is 17.9 Å². The van der Waals surface area contributed by atoms with Gasteiger partial charge in [-0.05, 0) is 96.3 Å². The minimum atomic E-state index is -0.781. The molecule has 0 aromatic carbocycles. The van der Waals surface area contributed by atoms with Crippen molar-refractivity contribution < 1.29 is 28.6 Å². The van der Waals surface area contributed by atoms with Gasteiger partial charge in [-0.3, -0.25) is 14.4 Å². The lowest BCUT2D eigenvalue weighted by Gasteiger charge is -2.18. The monoisotopic (exact) mass is 961 g/mol. The molecule has 0 saturated heterocycles. The van der Waals surface area contributed by atoms with Gasteiger partial charge in [0.2, 0.25) is 0 Å². The van der Waals surface area contributed by atoms with Crippen LogP contribution in [-0.4, -0.2) is 37.2 Å². The van der Waals surface area contributed by atoms with Gasteiger partial charge in [0.1, 0.15) is 13.2 Å². The Hall–Kier alpha value is -3.41. The first-order chi connectivity index (χ1) is 34.0. The van der Waals surface area contributed by atoms with Gasteiger partial charge < -0.3 is 14.2 Å². The number of carbonyl (C=O) groups is 3. The maximum atomic E-state index is 12.8. The second kappa shape index (κ2) is 57.2. The van der Waals surface area contributed by atoms with E-state index in [4.69, 9.17) is 14.2 Å². The minimum absolute atomic E-state index is 0.0824. The van der Waals surface area contributed by atoms with Gasteiger partial charge in [-0.1, -0.05) is 247 Å². The summed E-state index contributed by atoms with van der Waals surface area (Å²) in [6, 6.07) is 0. The molecule has 6 nitrogen and oxygen atoms in total. The molecule has 0 spiro atoms. The average molecular weight is 962 g/mol. The van der Waals surface area contributed by atoms with Crippen molar-refractivity contribution in [1.82, 2.24) is 0 Å². The molecule has 0 saturated carbocycles. The third kappa shape index (κ3) is 55.4. The molecule has 0 rings (SSSR count). The Balaban J connectivity index is 4.14. The molecule has 6 heteroatoms. The SMILES string of the molecule is CC/C=C\C/C=C\C/C=C\C/C=C\C/C=C\C/C=C\CCCCCCCCC(=O)OCC(COC(=O)CCCCCCC)OC(=O)CCCCCCCCCCC/C=C\CCCCCCCCCC. The van der Waals surface area contributed by atoms with Crippen LogP contribution in [0.15, 0.2) is 85.1 Å². The summed E-state index contributed by atoms with van der Waals surface area (Å²) < 4.78 is 16.7. The fourth-order valence-corrected chi connectivity index (χ4v) is 8.03. The second-order valence-electron chi connectivity index (χ2n) is 19.2. The molecule has 0 radical (unpaired) electrons. The Kier molecular flexibility index (Phi) is 54.3. The number of esters is 3. The Labute approximate surface area is 426 Å². The number of hydrogen-bond donors (Lipinski definition) is 0. The number of allylic oxidation sites excluding steroid dienone is 14. The summed E-state index contributed by atoms with van der Waals surface area (Å²) in [4.78, 5) is 37.8. The Morgan fingerprint density at radius 2 is 0.565 bits per heavy atom. The highest BCUT2D eigenvalue weighted by Crippen LogP contribution is 2.15. The van der Waals surface area contributed by atoms with Crippen LogP contribution in [0, 0.1) is 0 Å². The number of carbonyl (C=O) groups excluding carboxylic acids is 3. The molecule has 396 valence electrons. The molecule has 0 aliphatic carbocycles. The van der Waals surface area contributed by atoms with Crippen molar-refractivity contribution in [2.24, 2.45) is 0 Å². The molecule has 0 fully saturated rings. The van der Waals surface area contributed by atoms with Crippen molar-refractivity contribution in [1.29, 1.82) is 0 Å². The van der Waals surface area contributed by atoms with Gasteiger partial charge in [0.15, 0.2) is 6.10 Å². The van der Waals surface area contributed by atoms with Crippen LogP contribution in [0.5, 0.6) is 0 Å². The maximum absolute atomic E-state index is 12.8. The molecule has 1 unspecified atom stereocenters. The lowest BCUT2D eigenvalue weighted by atomic mass is 10.1. The fourth-order valence-electron chi connectivity index (χ4n) is 8.03. The number of hydrogen-bond acceptors (Lipinski definition) is 6. The first kappa shape index (κ1) is 65.6. The van der Waals surface area contributed by atoms with Crippen LogP contribution >= 0.6 is 0 Å². The predicted molar refractivity (Wildman–Crippen MR) is 297 cm³/mol. The summed E-state index contributed by atoms with van der Waals surface area (Å²) in [7, 11) is 0. The van der Waals surface area contributed by atoms with Gasteiger partial charge >= 0.3 is 17.9 Å². The normalized spacial score (nSPS) is 12.7. The van der Waals surface area contributed by atoms with Crippen LogP contribution in [0.3, 0.4) is 0 Å². The van der Waals surface area contributed by atoms with Crippen LogP contribution in [0.25, 0.3) is 0 Å². The molecule has 1 atom stereocenters. The zero-order valence-electron chi connectivity index (χ0n) is 45.3. The van der Waals surface area contributed by atoms with Gasteiger partial charge in [-0.25, -0.2) is 0 Å². The quantitative estimate of drug-likeness (QED) is 0.0262. The first-order valence-electron chi connectivity index (χ1n) is 29.1. The maximum Gasteiger partial charge on any atom is 0.306 e. The van der Waals surface area contributed by atoms with E-state index in [2.05, 4.69) is 106 Å². The number of unbranched alkanes of at least 4 members (excludes halogenated alkanes) is 27. The molecule has 0 heterocycles. The molecule has 0 aliphatic heterocycles. The van der Waals surface area contributed by atoms with E-state index in [0.717, 1.165) is 116 Å². The summed E-state index contributed by atoms with van der Waals surface area (Å²) in [5.41, 5.74) is 0. The lowest BCUT2D eigenvalue weighted by Crippen LogP contribution is -2.30. The van der Waals surface area contributed by atoms with E-state index in [0.29, 0.717) is 19.3 Å². The zero-order valence-corrected chi connectivity index (χ0v) is 45.3. The zero-order chi connectivity index (χ0) is 50.0. The largest absolute Gasteiger partial charge is 0.462 e. The standard InChI is InChI=1S/C63H108O6/c1-4-7-10-13-15-17-19-21-23-25-27-29-30-31-32-34-35-37-39-41-43-45-47-50-53-56-62(65)68-59-60(58-67-61(64)55-52-49-12-9-6-3)69-63(66)57-54-51-48-46-44-42-40-38-36-33-28-26-24-22-20-18-16-14-11-8-5-2/h7,10,15,17,21,23,26-29,31-32,35,37,60H,4-6,8-9,11-14,16,18-20,22,24-25,30,33-34,36,38-59H2,1-3H3/b10-7-,17-15-,23-21-,28-26-,29-27-,32-31-,37-35-. The Morgan fingerprint density at radius 3 is 0.899 bits per heavy atom. The van der Waals surface area contributed by atoms with Gasteiger partial charge in [0.25, 0.3) is 0 Å². The third-order valence-electron chi connectivity index (χ3n) is 12.4. The van der Waals surface area contributed by atoms with E-state index in [9.17, 15) is 14.4 Å². The number of rotatable bonds is 52. The molecular weight excluding hydrogens is 853 g/mol. The molecular formula is C63H108O6. The molecule has 0 aromatic heterocycles. The Bertz CT molecular complexity index is 1330. The van der Waals surface area contributed by atoms with E-state index in [-0.39, 0.29) is 31.1 Å². The van der Waals surface area contributed by atoms with Gasteiger partial charge in [-0.2, -0.15) is 0 Å². The van der Waals surface area contributed by atoms with Crippen molar-refractivity contribution in [3.05, 3.63) is 85.1 Å². The van der Waals surface area contributed by atoms with E-state index < -0.39 is 6.10 Å². The molecule has 0 bridgehead atoms. The topological polar surface area (TPSA) is 78.9 Å². The fraction of sp³-hybridized carbons (Fsp3) is 0.730. The lowest BCUT2D eigenvalue weighted by molar-refractivity contribution is -0.167. The number of ether oxygens (including phenoxy) is 3. The molecule has 69 heavy (non-hydrogen) atoms. The van der Waals surface area contributed by atoms with Crippen LogP contribution in [0.1, 0.15) is 278 Å².